The Labute approximate surface area is 72.4 Å². The van der Waals surface area contributed by atoms with Gasteiger partial charge in [0.25, 0.3) is 0 Å². The van der Waals surface area contributed by atoms with Crippen LogP contribution in [0.4, 0.5) is 0 Å². The van der Waals surface area contributed by atoms with Gasteiger partial charge in [-0.3, -0.25) is 4.79 Å². The second kappa shape index (κ2) is 5.10. The van der Waals surface area contributed by atoms with E-state index in [2.05, 4.69) is 4.72 Å². The monoisotopic (exact) mass is 194 g/mol. The van der Waals surface area contributed by atoms with Gasteiger partial charge in [0.15, 0.2) is 0 Å². The number of primary amides is 1. The summed E-state index contributed by atoms with van der Waals surface area (Å²) in [4.78, 5) is 10.2. The number of unbranched alkanes of at least 4 members (excludes halogenated alkanes) is 1. The Morgan fingerprint density at radius 2 is 2.08 bits per heavy atom. The maximum Gasteiger partial charge on any atom is 0.232 e. The van der Waals surface area contributed by atoms with Crippen LogP contribution in [0.1, 0.15) is 19.8 Å². The Bertz CT molecular complexity index is 235. The smallest absolute Gasteiger partial charge is 0.232 e. The molecule has 0 aromatic heterocycles. The zero-order valence-electron chi connectivity index (χ0n) is 7.04. The molecule has 0 unspecified atom stereocenters. The fourth-order valence-electron chi connectivity index (χ4n) is 0.588. The van der Waals surface area contributed by atoms with Crippen LogP contribution in [0.25, 0.3) is 0 Å². The minimum atomic E-state index is -3.29. The van der Waals surface area contributed by atoms with Gasteiger partial charge in [-0.2, -0.15) is 0 Å². The van der Waals surface area contributed by atoms with E-state index in [-0.39, 0.29) is 12.3 Å². The fourth-order valence-corrected chi connectivity index (χ4v) is 1.76. The molecule has 0 rings (SSSR count). The molecule has 0 bridgehead atoms. The molecule has 5 nitrogen and oxygen atoms in total. The van der Waals surface area contributed by atoms with E-state index in [1.165, 1.54) is 0 Å². The topological polar surface area (TPSA) is 89.3 Å². The molecule has 0 spiro atoms. The second-order valence-corrected chi connectivity index (χ2v) is 4.39. The van der Waals surface area contributed by atoms with Crippen molar-refractivity contribution in [2.24, 2.45) is 5.73 Å². The number of carbonyl (C=O) groups excluding carboxylic acids is 1. The first-order chi connectivity index (χ1) is 5.48. The lowest BCUT2D eigenvalue weighted by Crippen LogP contribution is -2.34. The first-order valence-electron chi connectivity index (χ1n) is 3.73. The summed E-state index contributed by atoms with van der Waals surface area (Å²) >= 11 is 0. The van der Waals surface area contributed by atoms with E-state index in [9.17, 15) is 13.2 Å². The highest BCUT2D eigenvalue weighted by Crippen LogP contribution is 1.92. The number of rotatable bonds is 6. The van der Waals surface area contributed by atoms with Gasteiger partial charge in [-0.1, -0.05) is 13.3 Å². The summed E-state index contributed by atoms with van der Waals surface area (Å²) in [5, 5.41) is 0. The van der Waals surface area contributed by atoms with E-state index >= 15 is 0 Å². The van der Waals surface area contributed by atoms with Crippen LogP contribution in [0.3, 0.4) is 0 Å². The van der Waals surface area contributed by atoms with Crippen LogP contribution in [-0.2, 0) is 14.8 Å². The predicted molar refractivity (Wildman–Crippen MR) is 45.9 cm³/mol. The second-order valence-electron chi connectivity index (χ2n) is 2.46. The van der Waals surface area contributed by atoms with Gasteiger partial charge in [0.2, 0.25) is 15.9 Å². The lowest BCUT2D eigenvalue weighted by atomic mass is 10.4. The molecule has 0 aromatic carbocycles. The van der Waals surface area contributed by atoms with Crippen molar-refractivity contribution in [1.82, 2.24) is 4.72 Å². The van der Waals surface area contributed by atoms with Gasteiger partial charge < -0.3 is 5.73 Å². The van der Waals surface area contributed by atoms with Gasteiger partial charge in [-0.15, -0.1) is 0 Å². The SMILES string of the molecule is CCCCS(=O)(=O)NCC(N)=O. The van der Waals surface area contributed by atoms with Crippen molar-refractivity contribution in [3.05, 3.63) is 0 Å². The van der Waals surface area contributed by atoms with Crippen LogP contribution >= 0.6 is 0 Å². The van der Waals surface area contributed by atoms with E-state index < -0.39 is 15.9 Å². The molecule has 0 heterocycles. The van der Waals surface area contributed by atoms with Gasteiger partial charge in [0, 0.05) is 0 Å². The van der Waals surface area contributed by atoms with Crippen LogP contribution in [0, 0.1) is 0 Å². The van der Waals surface area contributed by atoms with Crippen LogP contribution in [0.5, 0.6) is 0 Å². The maximum absolute atomic E-state index is 11.0. The lowest BCUT2D eigenvalue weighted by molar-refractivity contribution is -0.116. The molecular weight excluding hydrogens is 180 g/mol. The van der Waals surface area contributed by atoms with Gasteiger partial charge in [-0.05, 0) is 6.42 Å². The molecule has 0 atom stereocenters. The summed E-state index contributed by atoms with van der Waals surface area (Å²) in [5.74, 6) is -0.619. The van der Waals surface area contributed by atoms with Crippen LogP contribution in [0.15, 0.2) is 0 Å². The summed E-state index contributed by atoms with van der Waals surface area (Å²) < 4.78 is 24.0. The first-order valence-corrected chi connectivity index (χ1v) is 5.39. The summed E-state index contributed by atoms with van der Waals surface area (Å²) in [6.07, 6.45) is 1.39. The molecule has 12 heavy (non-hydrogen) atoms. The number of hydrogen-bond acceptors (Lipinski definition) is 3. The van der Waals surface area contributed by atoms with Crippen LogP contribution < -0.4 is 10.5 Å². The fraction of sp³-hybridized carbons (Fsp3) is 0.833. The zero-order chi connectivity index (χ0) is 9.61. The Kier molecular flexibility index (Phi) is 4.84. The highest BCUT2D eigenvalue weighted by Gasteiger charge is 2.09. The maximum atomic E-state index is 11.0. The first kappa shape index (κ1) is 11.4. The Hall–Kier alpha value is -0.620. The van der Waals surface area contributed by atoms with Crippen molar-refractivity contribution in [2.45, 2.75) is 19.8 Å². The molecule has 0 saturated heterocycles. The molecule has 0 fully saturated rings. The van der Waals surface area contributed by atoms with E-state index in [1.807, 2.05) is 6.92 Å². The number of hydrogen-bond donors (Lipinski definition) is 2. The molecule has 0 radical (unpaired) electrons. The molecule has 0 aliphatic heterocycles. The molecule has 0 aliphatic rings. The van der Waals surface area contributed by atoms with Crippen LogP contribution in [-0.4, -0.2) is 26.6 Å². The van der Waals surface area contributed by atoms with E-state index in [4.69, 9.17) is 5.73 Å². The minimum Gasteiger partial charge on any atom is -0.369 e. The normalized spacial score (nSPS) is 11.4. The molecule has 0 aliphatic carbocycles. The molecule has 1 amide bonds. The molecular formula is C6H14N2O3S. The third-order valence-electron chi connectivity index (χ3n) is 1.23. The third kappa shape index (κ3) is 6.11. The van der Waals surface area contributed by atoms with Crippen molar-refractivity contribution in [3.63, 3.8) is 0 Å². The standard InChI is InChI=1S/C6H14N2O3S/c1-2-3-4-12(10,11)8-5-6(7)9/h8H,2-5H2,1H3,(H2,7,9). The average Bonchev–Trinajstić information content (AvgIpc) is 1.98. The number of carbonyl (C=O) groups is 1. The quantitative estimate of drug-likeness (QED) is 0.579. The highest BCUT2D eigenvalue weighted by molar-refractivity contribution is 7.89. The predicted octanol–water partition coefficient (Wildman–Crippen LogP) is -0.809. The van der Waals surface area contributed by atoms with Gasteiger partial charge in [0.1, 0.15) is 0 Å². The molecule has 3 N–H and O–H groups in total. The van der Waals surface area contributed by atoms with Crippen LogP contribution in [0.2, 0.25) is 0 Å². The molecule has 72 valence electrons. The summed E-state index contributed by atoms with van der Waals surface area (Å²) in [5.41, 5.74) is 4.76. The van der Waals surface area contributed by atoms with Crippen molar-refractivity contribution in [1.29, 1.82) is 0 Å². The van der Waals surface area contributed by atoms with E-state index in [0.29, 0.717) is 6.42 Å². The zero-order valence-corrected chi connectivity index (χ0v) is 7.86. The molecule has 0 aromatic rings. The van der Waals surface area contributed by atoms with Crippen molar-refractivity contribution in [3.8, 4) is 0 Å². The largest absolute Gasteiger partial charge is 0.369 e. The lowest BCUT2D eigenvalue weighted by Gasteiger charge is -2.02. The molecule has 0 saturated carbocycles. The Morgan fingerprint density at radius 1 is 1.50 bits per heavy atom. The third-order valence-corrected chi connectivity index (χ3v) is 2.64. The van der Waals surface area contributed by atoms with Crippen molar-refractivity contribution >= 4 is 15.9 Å². The summed E-state index contributed by atoms with van der Waals surface area (Å²) in [6, 6.07) is 0. The molecule has 6 heteroatoms. The summed E-state index contributed by atoms with van der Waals surface area (Å²) in [7, 11) is -3.29. The number of amides is 1. The average molecular weight is 194 g/mol. The van der Waals surface area contributed by atoms with Gasteiger partial charge in [0.05, 0.1) is 12.3 Å². The number of nitrogens with two attached hydrogens (primary N) is 1. The highest BCUT2D eigenvalue weighted by atomic mass is 32.2. The van der Waals surface area contributed by atoms with Crippen molar-refractivity contribution < 1.29 is 13.2 Å². The Morgan fingerprint density at radius 3 is 2.50 bits per heavy atom. The van der Waals surface area contributed by atoms with E-state index in [1.54, 1.807) is 0 Å². The van der Waals surface area contributed by atoms with Gasteiger partial charge >= 0.3 is 0 Å². The number of nitrogens with one attached hydrogen (secondary N) is 1. The van der Waals surface area contributed by atoms with Crippen molar-refractivity contribution in [2.75, 3.05) is 12.3 Å². The van der Waals surface area contributed by atoms with E-state index in [0.717, 1.165) is 6.42 Å². The summed E-state index contributed by atoms with van der Waals surface area (Å²) in [6.45, 7) is 1.58. The minimum absolute atomic E-state index is 0.0524. The number of sulfonamides is 1. The Balaban J connectivity index is 3.80. The van der Waals surface area contributed by atoms with Gasteiger partial charge in [-0.25, -0.2) is 13.1 Å².